The minimum absolute atomic E-state index is 0.426. The minimum atomic E-state index is -0.494. The summed E-state index contributed by atoms with van der Waals surface area (Å²) in [6.07, 6.45) is 1.28. The third-order valence-electron chi connectivity index (χ3n) is 2.93. The van der Waals surface area contributed by atoms with E-state index in [9.17, 15) is 4.79 Å². The van der Waals surface area contributed by atoms with Gasteiger partial charge >= 0.3 is 6.09 Å². The highest BCUT2D eigenvalue weighted by Gasteiger charge is 2.15. The Labute approximate surface area is 130 Å². The number of hydrogen-bond acceptors (Lipinski definition) is 5. The van der Waals surface area contributed by atoms with Crippen LogP contribution < -0.4 is 16.4 Å². The van der Waals surface area contributed by atoms with Gasteiger partial charge in [-0.1, -0.05) is 12.1 Å². The number of rotatable bonds is 4. The highest BCUT2D eigenvalue weighted by Crippen LogP contribution is 2.25. The summed E-state index contributed by atoms with van der Waals surface area (Å²) in [6.45, 7) is 6.47. The molecule has 0 bridgehead atoms. The molecule has 0 unspecified atom stereocenters. The van der Waals surface area contributed by atoms with E-state index in [4.69, 9.17) is 10.5 Å². The van der Waals surface area contributed by atoms with Crippen LogP contribution in [-0.4, -0.2) is 29.8 Å². The summed E-state index contributed by atoms with van der Waals surface area (Å²) in [4.78, 5) is 15.8. The zero-order valence-electron chi connectivity index (χ0n) is 13.1. The molecule has 0 atom stereocenters. The van der Waals surface area contributed by atoms with E-state index in [-0.39, 0.29) is 0 Å². The van der Waals surface area contributed by atoms with Crippen LogP contribution in [0.4, 0.5) is 16.3 Å². The molecule has 6 heteroatoms. The van der Waals surface area contributed by atoms with E-state index in [0.717, 1.165) is 22.3 Å². The van der Waals surface area contributed by atoms with Crippen molar-refractivity contribution in [2.24, 2.45) is 0 Å². The fraction of sp³-hybridized carbons (Fsp3) is 0.375. The number of aromatic nitrogens is 1. The molecule has 4 N–H and O–H groups in total. The van der Waals surface area contributed by atoms with E-state index in [1.165, 1.54) is 0 Å². The summed E-state index contributed by atoms with van der Waals surface area (Å²) in [5, 5.41) is 7.81. The molecule has 0 aliphatic rings. The van der Waals surface area contributed by atoms with Crippen LogP contribution in [0, 0.1) is 0 Å². The Morgan fingerprint density at radius 2 is 2.00 bits per heavy atom. The van der Waals surface area contributed by atoms with E-state index in [2.05, 4.69) is 15.6 Å². The number of nitrogens with one attached hydrogen (secondary N) is 2. The number of carbonyl (C=O) groups is 1. The number of nitrogens with zero attached hydrogens (tertiary/aromatic N) is 1. The Balaban J connectivity index is 1.91. The molecule has 22 heavy (non-hydrogen) atoms. The molecule has 0 fully saturated rings. The first kappa shape index (κ1) is 15.9. The molecule has 0 radical (unpaired) electrons. The Bertz CT molecular complexity index is 665. The first-order valence-corrected chi connectivity index (χ1v) is 7.21. The first-order valence-electron chi connectivity index (χ1n) is 7.21. The van der Waals surface area contributed by atoms with Gasteiger partial charge in [0.1, 0.15) is 11.4 Å². The van der Waals surface area contributed by atoms with E-state index in [0.29, 0.717) is 13.1 Å². The van der Waals surface area contributed by atoms with Gasteiger partial charge in [-0.05, 0) is 32.9 Å². The van der Waals surface area contributed by atoms with Crippen molar-refractivity contribution in [2.75, 3.05) is 24.1 Å². The van der Waals surface area contributed by atoms with Crippen molar-refractivity contribution >= 4 is 28.4 Å². The smallest absolute Gasteiger partial charge is 0.407 e. The summed E-state index contributed by atoms with van der Waals surface area (Å²) in [7, 11) is 0. The third-order valence-corrected chi connectivity index (χ3v) is 2.93. The van der Waals surface area contributed by atoms with Gasteiger partial charge in [0.15, 0.2) is 0 Å². The quantitative estimate of drug-likeness (QED) is 0.597. The second kappa shape index (κ2) is 6.51. The van der Waals surface area contributed by atoms with Crippen LogP contribution >= 0.6 is 0 Å². The highest BCUT2D eigenvalue weighted by atomic mass is 16.6. The molecule has 0 saturated carbocycles. The van der Waals surface area contributed by atoms with Crippen molar-refractivity contribution in [2.45, 2.75) is 26.4 Å². The SMILES string of the molecule is CC(C)(C)OC(=O)NCCNc1nccc2c(N)cccc12. The second-order valence-corrected chi connectivity index (χ2v) is 5.96. The average Bonchev–Trinajstić information content (AvgIpc) is 2.42. The second-order valence-electron chi connectivity index (χ2n) is 5.96. The number of amides is 1. The van der Waals surface area contributed by atoms with Crippen LogP contribution in [0.1, 0.15) is 20.8 Å². The normalized spacial score (nSPS) is 11.2. The van der Waals surface area contributed by atoms with Crippen molar-refractivity contribution in [3.63, 3.8) is 0 Å². The lowest BCUT2D eigenvalue weighted by Gasteiger charge is -2.19. The zero-order valence-corrected chi connectivity index (χ0v) is 13.1. The van der Waals surface area contributed by atoms with Gasteiger partial charge in [0, 0.05) is 35.7 Å². The number of fused-ring (bicyclic) bond motifs is 1. The zero-order chi connectivity index (χ0) is 16.2. The van der Waals surface area contributed by atoms with Crippen LogP contribution in [-0.2, 0) is 4.74 Å². The Morgan fingerprint density at radius 3 is 2.73 bits per heavy atom. The van der Waals surface area contributed by atoms with E-state index in [1.54, 1.807) is 6.20 Å². The molecule has 118 valence electrons. The molecule has 1 amide bonds. The van der Waals surface area contributed by atoms with Crippen LogP contribution in [0.25, 0.3) is 10.8 Å². The van der Waals surface area contributed by atoms with Crippen LogP contribution in [0.15, 0.2) is 30.5 Å². The summed E-state index contributed by atoms with van der Waals surface area (Å²) in [5.41, 5.74) is 6.17. The molecule has 6 nitrogen and oxygen atoms in total. The van der Waals surface area contributed by atoms with Gasteiger partial charge in [0.2, 0.25) is 0 Å². The number of hydrogen-bond donors (Lipinski definition) is 3. The average molecular weight is 302 g/mol. The predicted molar refractivity (Wildman–Crippen MR) is 88.9 cm³/mol. The maximum absolute atomic E-state index is 11.5. The number of nitrogen functional groups attached to an aromatic ring is 1. The summed E-state index contributed by atoms with van der Waals surface area (Å²) in [5.74, 6) is 0.746. The Hall–Kier alpha value is -2.50. The van der Waals surface area contributed by atoms with Crippen LogP contribution in [0.2, 0.25) is 0 Å². The molecule has 0 spiro atoms. The number of pyridine rings is 1. The Kier molecular flexibility index (Phi) is 4.70. The van der Waals surface area contributed by atoms with Gasteiger partial charge in [-0.2, -0.15) is 0 Å². The van der Waals surface area contributed by atoms with E-state index < -0.39 is 11.7 Å². The van der Waals surface area contributed by atoms with Gasteiger partial charge in [0.05, 0.1) is 0 Å². The monoisotopic (exact) mass is 302 g/mol. The molecular weight excluding hydrogens is 280 g/mol. The van der Waals surface area contributed by atoms with Crippen molar-refractivity contribution in [3.8, 4) is 0 Å². The van der Waals surface area contributed by atoms with Crippen molar-refractivity contribution in [3.05, 3.63) is 30.5 Å². The van der Waals surface area contributed by atoms with Crippen LogP contribution in [0.3, 0.4) is 0 Å². The third kappa shape index (κ3) is 4.25. The minimum Gasteiger partial charge on any atom is -0.444 e. The maximum atomic E-state index is 11.5. The summed E-state index contributed by atoms with van der Waals surface area (Å²) >= 11 is 0. The number of alkyl carbamates (subject to hydrolysis) is 1. The van der Waals surface area contributed by atoms with Gasteiger partial charge < -0.3 is 21.1 Å². The fourth-order valence-electron chi connectivity index (χ4n) is 2.03. The largest absolute Gasteiger partial charge is 0.444 e. The standard InChI is InChI=1S/C16H22N4O2/c1-16(2,3)22-15(21)20-10-9-19-14-12-5-4-6-13(17)11(12)7-8-18-14/h4-8H,9-10,17H2,1-3H3,(H,18,19)(H,20,21). The lowest BCUT2D eigenvalue weighted by Crippen LogP contribution is -2.35. The van der Waals surface area contributed by atoms with Crippen molar-refractivity contribution in [1.82, 2.24) is 10.3 Å². The molecule has 0 aliphatic heterocycles. The van der Waals surface area contributed by atoms with E-state index in [1.807, 2.05) is 45.0 Å². The molecule has 2 rings (SSSR count). The summed E-state index contributed by atoms with van der Waals surface area (Å²) < 4.78 is 5.17. The topological polar surface area (TPSA) is 89.3 Å². The molecule has 1 heterocycles. The number of anilines is 2. The van der Waals surface area contributed by atoms with Crippen molar-refractivity contribution < 1.29 is 9.53 Å². The Morgan fingerprint density at radius 1 is 1.23 bits per heavy atom. The van der Waals surface area contributed by atoms with E-state index >= 15 is 0 Å². The lowest BCUT2D eigenvalue weighted by molar-refractivity contribution is 0.0530. The lowest BCUT2D eigenvalue weighted by atomic mass is 10.1. The molecule has 0 aliphatic carbocycles. The van der Waals surface area contributed by atoms with Gasteiger partial charge in [0.25, 0.3) is 0 Å². The molecular formula is C16H22N4O2. The number of nitrogens with two attached hydrogens (primary N) is 1. The number of ether oxygens (including phenoxy) is 1. The van der Waals surface area contributed by atoms with Crippen molar-refractivity contribution in [1.29, 1.82) is 0 Å². The summed E-state index contributed by atoms with van der Waals surface area (Å²) in [6, 6.07) is 7.59. The number of carbonyl (C=O) groups excluding carboxylic acids is 1. The molecule has 1 aromatic heterocycles. The van der Waals surface area contributed by atoms with Gasteiger partial charge in [-0.15, -0.1) is 0 Å². The first-order chi connectivity index (χ1) is 10.4. The molecule has 0 saturated heterocycles. The highest BCUT2D eigenvalue weighted by molar-refractivity contribution is 5.99. The number of benzene rings is 1. The van der Waals surface area contributed by atoms with Crippen LogP contribution in [0.5, 0.6) is 0 Å². The maximum Gasteiger partial charge on any atom is 0.407 e. The molecule has 1 aromatic carbocycles. The fourth-order valence-corrected chi connectivity index (χ4v) is 2.03. The molecule has 2 aromatic rings. The predicted octanol–water partition coefficient (Wildman–Crippen LogP) is 2.75. The van der Waals surface area contributed by atoms with Gasteiger partial charge in [-0.3, -0.25) is 0 Å². The van der Waals surface area contributed by atoms with Gasteiger partial charge in [-0.25, -0.2) is 9.78 Å².